The van der Waals surface area contributed by atoms with E-state index in [9.17, 15) is 22.4 Å². The molecule has 0 atom stereocenters. The number of sulfonamides is 1. The molecule has 0 heterocycles. The summed E-state index contributed by atoms with van der Waals surface area (Å²) >= 11 is 0. The normalized spacial score (nSPS) is 11.6. The molecule has 0 fully saturated rings. The molecule has 29 heavy (non-hydrogen) atoms. The second kappa shape index (κ2) is 8.58. The van der Waals surface area contributed by atoms with Gasteiger partial charge in [0.05, 0.1) is 17.0 Å². The lowest BCUT2D eigenvalue weighted by Crippen LogP contribution is -2.27. The second-order valence-corrected chi connectivity index (χ2v) is 8.80. The van der Waals surface area contributed by atoms with Gasteiger partial charge in [-0.2, -0.15) is 0 Å². The number of hydrogen-bond donors (Lipinski definition) is 3. The van der Waals surface area contributed by atoms with Crippen LogP contribution in [0.3, 0.4) is 0 Å². The van der Waals surface area contributed by atoms with E-state index in [1.165, 1.54) is 36.4 Å². The standard InChI is InChI=1S/C19H22FN3O5S/c1-19(2,3)28-18(25)23-16-11-13(6-9-15(16)20)22-17(24)10-12-4-7-14(8-5-12)29(21,26)27/h4-9,11H,10H2,1-3H3,(H,22,24)(H,23,25)(H2,21,26,27). The molecule has 0 bridgehead atoms. The molecule has 0 radical (unpaired) electrons. The number of amides is 2. The van der Waals surface area contributed by atoms with Crippen molar-refractivity contribution < 1.29 is 27.1 Å². The van der Waals surface area contributed by atoms with E-state index in [1.807, 2.05) is 0 Å². The number of anilines is 2. The molecule has 0 unspecified atom stereocenters. The van der Waals surface area contributed by atoms with E-state index in [4.69, 9.17) is 9.88 Å². The van der Waals surface area contributed by atoms with Crippen molar-refractivity contribution in [3.63, 3.8) is 0 Å². The Hall–Kier alpha value is -2.98. The minimum atomic E-state index is -3.81. The molecule has 0 spiro atoms. The Morgan fingerprint density at radius 3 is 2.24 bits per heavy atom. The molecule has 2 aromatic rings. The number of halogens is 1. The van der Waals surface area contributed by atoms with Gasteiger partial charge in [-0.05, 0) is 56.7 Å². The quantitative estimate of drug-likeness (QED) is 0.681. The summed E-state index contributed by atoms with van der Waals surface area (Å²) in [6.45, 7) is 5.03. The molecule has 156 valence electrons. The fraction of sp³-hybridized carbons (Fsp3) is 0.263. The Balaban J connectivity index is 2.04. The Morgan fingerprint density at radius 2 is 1.69 bits per heavy atom. The van der Waals surface area contributed by atoms with Gasteiger partial charge in [-0.1, -0.05) is 12.1 Å². The smallest absolute Gasteiger partial charge is 0.412 e. The van der Waals surface area contributed by atoms with Crippen molar-refractivity contribution >= 4 is 33.4 Å². The van der Waals surface area contributed by atoms with Crippen LogP contribution in [0.5, 0.6) is 0 Å². The van der Waals surface area contributed by atoms with Crippen molar-refractivity contribution in [2.24, 2.45) is 5.14 Å². The lowest BCUT2D eigenvalue weighted by atomic mass is 10.1. The van der Waals surface area contributed by atoms with Crippen molar-refractivity contribution in [1.29, 1.82) is 0 Å². The highest BCUT2D eigenvalue weighted by atomic mass is 32.2. The second-order valence-electron chi connectivity index (χ2n) is 7.24. The highest BCUT2D eigenvalue weighted by Crippen LogP contribution is 2.21. The molecule has 0 saturated carbocycles. The van der Waals surface area contributed by atoms with Crippen LogP contribution in [0.25, 0.3) is 0 Å². The van der Waals surface area contributed by atoms with Gasteiger partial charge in [0.1, 0.15) is 11.4 Å². The highest BCUT2D eigenvalue weighted by molar-refractivity contribution is 7.89. The first-order valence-electron chi connectivity index (χ1n) is 8.55. The van der Waals surface area contributed by atoms with Gasteiger partial charge in [-0.15, -0.1) is 0 Å². The van der Waals surface area contributed by atoms with Crippen LogP contribution in [0.2, 0.25) is 0 Å². The van der Waals surface area contributed by atoms with Gasteiger partial charge in [0.25, 0.3) is 0 Å². The van der Waals surface area contributed by atoms with Crippen LogP contribution in [0.15, 0.2) is 47.4 Å². The van der Waals surface area contributed by atoms with Crippen molar-refractivity contribution in [3.05, 3.63) is 53.8 Å². The van der Waals surface area contributed by atoms with E-state index in [0.29, 0.717) is 5.56 Å². The Morgan fingerprint density at radius 1 is 1.07 bits per heavy atom. The fourth-order valence-electron chi connectivity index (χ4n) is 2.30. The minimum absolute atomic E-state index is 0.0445. The molecule has 0 aliphatic heterocycles. The van der Waals surface area contributed by atoms with Gasteiger partial charge in [-0.25, -0.2) is 22.7 Å². The SMILES string of the molecule is CC(C)(C)OC(=O)Nc1cc(NC(=O)Cc2ccc(S(N)(=O)=O)cc2)ccc1F. The van der Waals surface area contributed by atoms with E-state index >= 15 is 0 Å². The van der Waals surface area contributed by atoms with Gasteiger partial charge in [0.2, 0.25) is 15.9 Å². The molecular weight excluding hydrogens is 401 g/mol. The average Bonchev–Trinajstić information content (AvgIpc) is 2.55. The summed E-state index contributed by atoms with van der Waals surface area (Å²) in [6.07, 6.45) is -0.869. The molecular formula is C19H22FN3O5S. The van der Waals surface area contributed by atoms with Crippen LogP contribution in [0.1, 0.15) is 26.3 Å². The lowest BCUT2D eigenvalue weighted by Gasteiger charge is -2.20. The number of nitrogens with one attached hydrogen (secondary N) is 2. The summed E-state index contributed by atoms with van der Waals surface area (Å²) in [5, 5.41) is 9.91. The topological polar surface area (TPSA) is 128 Å². The molecule has 8 nitrogen and oxygen atoms in total. The zero-order valence-electron chi connectivity index (χ0n) is 16.2. The molecule has 0 aliphatic rings. The Bertz CT molecular complexity index is 1020. The van der Waals surface area contributed by atoms with E-state index in [0.717, 1.165) is 6.07 Å². The van der Waals surface area contributed by atoms with Crippen LogP contribution in [-0.2, 0) is 26.0 Å². The molecule has 4 N–H and O–H groups in total. The van der Waals surface area contributed by atoms with Crippen molar-refractivity contribution in [2.75, 3.05) is 10.6 Å². The van der Waals surface area contributed by atoms with E-state index < -0.39 is 33.4 Å². The largest absolute Gasteiger partial charge is 0.444 e. The molecule has 0 aromatic heterocycles. The number of primary sulfonamides is 1. The third-order valence-corrected chi connectivity index (χ3v) is 4.43. The number of carbonyl (C=O) groups excluding carboxylic acids is 2. The van der Waals surface area contributed by atoms with Gasteiger partial charge in [0.15, 0.2) is 0 Å². The predicted octanol–water partition coefficient (Wildman–Crippen LogP) is 3.00. The molecule has 10 heteroatoms. The first-order chi connectivity index (χ1) is 13.3. The maximum Gasteiger partial charge on any atom is 0.412 e. The lowest BCUT2D eigenvalue weighted by molar-refractivity contribution is -0.115. The Labute approximate surface area is 168 Å². The number of nitrogens with two attached hydrogens (primary N) is 1. The van der Waals surface area contributed by atoms with E-state index in [-0.39, 0.29) is 22.7 Å². The Kier molecular flexibility index (Phi) is 6.60. The molecule has 0 saturated heterocycles. The summed E-state index contributed by atoms with van der Waals surface area (Å²) < 4.78 is 41.5. The first-order valence-corrected chi connectivity index (χ1v) is 10.1. The van der Waals surface area contributed by atoms with Crippen LogP contribution < -0.4 is 15.8 Å². The van der Waals surface area contributed by atoms with Crippen LogP contribution >= 0.6 is 0 Å². The molecule has 2 aromatic carbocycles. The fourth-order valence-corrected chi connectivity index (χ4v) is 2.82. The zero-order chi connectivity index (χ0) is 21.8. The summed E-state index contributed by atoms with van der Waals surface area (Å²) in [7, 11) is -3.81. The van der Waals surface area contributed by atoms with Crippen molar-refractivity contribution in [3.8, 4) is 0 Å². The summed E-state index contributed by atoms with van der Waals surface area (Å²) in [5.74, 6) is -1.10. The van der Waals surface area contributed by atoms with Crippen LogP contribution in [-0.4, -0.2) is 26.0 Å². The number of rotatable bonds is 5. The highest BCUT2D eigenvalue weighted by Gasteiger charge is 2.18. The van der Waals surface area contributed by atoms with Crippen LogP contribution in [0.4, 0.5) is 20.6 Å². The number of ether oxygens (including phenoxy) is 1. The van der Waals surface area contributed by atoms with Crippen molar-refractivity contribution in [1.82, 2.24) is 0 Å². The molecule has 0 aliphatic carbocycles. The van der Waals surface area contributed by atoms with E-state index in [1.54, 1.807) is 20.8 Å². The third kappa shape index (κ3) is 7.16. The summed E-state index contributed by atoms with van der Waals surface area (Å²) in [5.41, 5.74) is -0.0622. The monoisotopic (exact) mass is 423 g/mol. The van der Waals surface area contributed by atoms with Gasteiger partial charge in [0, 0.05) is 5.69 Å². The van der Waals surface area contributed by atoms with Gasteiger partial charge < -0.3 is 10.1 Å². The molecule has 2 amide bonds. The number of hydrogen-bond acceptors (Lipinski definition) is 5. The molecule has 2 rings (SSSR count). The minimum Gasteiger partial charge on any atom is -0.444 e. The number of carbonyl (C=O) groups is 2. The first kappa shape index (κ1) is 22.3. The third-order valence-electron chi connectivity index (χ3n) is 3.50. The van der Waals surface area contributed by atoms with Crippen molar-refractivity contribution in [2.45, 2.75) is 37.7 Å². The van der Waals surface area contributed by atoms with E-state index in [2.05, 4.69) is 10.6 Å². The van der Waals surface area contributed by atoms with Crippen LogP contribution in [0, 0.1) is 5.82 Å². The number of benzene rings is 2. The summed E-state index contributed by atoms with van der Waals surface area (Å²) in [4.78, 5) is 24.0. The maximum atomic E-state index is 13.9. The van der Waals surface area contributed by atoms with Gasteiger partial charge in [-0.3, -0.25) is 10.1 Å². The average molecular weight is 423 g/mol. The van der Waals surface area contributed by atoms with Gasteiger partial charge >= 0.3 is 6.09 Å². The zero-order valence-corrected chi connectivity index (χ0v) is 17.0. The predicted molar refractivity (Wildman–Crippen MR) is 106 cm³/mol. The summed E-state index contributed by atoms with van der Waals surface area (Å²) in [6, 6.07) is 9.26. The maximum absolute atomic E-state index is 13.9.